The number of hydrogen-bond donors (Lipinski definition) is 0. The summed E-state index contributed by atoms with van der Waals surface area (Å²) < 4.78 is 48.3. The third-order valence-corrected chi connectivity index (χ3v) is 2.68. The van der Waals surface area contributed by atoms with Crippen LogP contribution in [0.3, 0.4) is 0 Å². The summed E-state index contributed by atoms with van der Waals surface area (Å²) in [7, 11) is 1.34. The zero-order chi connectivity index (χ0) is 12.0. The lowest BCUT2D eigenvalue weighted by Crippen LogP contribution is -2.15. The molecule has 1 saturated heterocycles. The van der Waals surface area contributed by atoms with Gasteiger partial charge < -0.3 is 9.47 Å². The molecule has 1 aromatic rings. The Kier molecular flexibility index (Phi) is 2.38. The van der Waals surface area contributed by atoms with E-state index in [1.54, 1.807) is 6.92 Å². The van der Waals surface area contributed by atoms with Crippen molar-refractivity contribution in [3.63, 3.8) is 0 Å². The normalized spacial score (nSPS) is 24.3. The van der Waals surface area contributed by atoms with Crippen molar-refractivity contribution in [1.82, 2.24) is 0 Å². The Morgan fingerprint density at radius 1 is 1.38 bits per heavy atom. The molecule has 0 aliphatic carbocycles. The molecule has 2 rings (SSSR count). The van der Waals surface area contributed by atoms with Crippen molar-refractivity contribution in [3.05, 3.63) is 29.3 Å². The van der Waals surface area contributed by atoms with Crippen LogP contribution < -0.4 is 4.74 Å². The highest BCUT2D eigenvalue weighted by atomic mass is 19.4. The van der Waals surface area contributed by atoms with Crippen molar-refractivity contribution in [2.75, 3.05) is 13.7 Å². The van der Waals surface area contributed by atoms with Crippen molar-refractivity contribution in [1.29, 1.82) is 0 Å². The topological polar surface area (TPSA) is 21.8 Å². The van der Waals surface area contributed by atoms with Gasteiger partial charge in [0.15, 0.2) is 0 Å². The lowest BCUT2D eigenvalue weighted by atomic mass is 9.95. The van der Waals surface area contributed by atoms with Gasteiger partial charge in [0.25, 0.3) is 0 Å². The molecule has 1 atom stereocenters. The first kappa shape index (κ1) is 11.3. The van der Waals surface area contributed by atoms with E-state index >= 15 is 0 Å². The molecule has 0 aromatic heterocycles. The first-order valence-corrected chi connectivity index (χ1v) is 4.76. The fourth-order valence-corrected chi connectivity index (χ4v) is 1.61. The van der Waals surface area contributed by atoms with Crippen molar-refractivity contribution < 1.29 is 22.6 Å². The van der Waals surface area contributed by atoms with Gasteiger partial charge in [0.1, 0.15) is 11.4 Å². The summed E-state index contributed by atoms with van der Waals surface area (Å²) in [6, 6.07) is 3.93. The minimum atomic E-state index is -4.39. The van der Waals surface area contributed by atoms with Crippen LogP contribution in [-0.4, -0.2) is 13.7 Å². The van der Waals surface area contributed by atoms with E-state index in [0.717, 1.165) is 6.07 Å². The number of halogens is 3. The predicted octanol–water partition coefficient (Wildman–Crippen LogP) is 2.96. The van der Waals surface area contributed by atoms with E-state index in [-0.39, 0.29) is 11.3 Å². The molecule has 0 N–H and O–H groups in total. The Balaban J connectivity index is 2.52. The highest BCUT2D eigenvalue weighted by Gasteiger charge is 2.47. The van der Waals surface area contributed by atoms with Crippen LogP contribution in [0, 0.1) is 0 Å². The second-order valence-corrected chi connectivity index (χ2v) is 3.93. The standard InChI is InChI=1S/C11H11F3O2/c1-10(6-16-10)8-4-3-7(15-2)5-9(8)11(12,13)14/h3-5H,6H2,1-2H3. The van der Waals surface area contributed by atoms with E-state index in [1.807, 2.05) is 0 Å². The van der Waals surface area contributed by atoms with Crippen LogP contribution in [-0.2, 0) is 16.5 Å². The average Bonchev–Trinajstić information content (AvgIpc) is 2.95. The second kappa shape index (κ2) is 3.38. The van der Waals surface area contributed by atoms with Crippen LogP contribution in [0.15, 0.2) is 18.2 Å². The molecule has 0 bridgehead atoms. The number of rotatable bonds is 2. The van der Waals surface area contributed by atoms with Gasteiger partial charge in [-0.3, -0.25) is 0 Å². The number of alkyl halides is 3. The SMILES string of the molecule is COc1ccc(C2(C)CO2)c(C(F)(F)F)c1. The van der Waals surface area contributed by atoms with E-state index in [4.69, 9.17) is 9.47 Å². The van der Waals surface area contributed by atoms with E-state index in [0.29, 0.717) is 6.61 Å². The molecule has 1 fully saturated rings. The maximum Gasteiger partial charge on any atom is 0.416 e. The zero-order valence-corrected chi connectivity index (χ0v) is 8.89. The summed E-state index contributed by atoms with van der Waals surface area (Å²) in [5.41, 5.74) is -1.32. The first-order valence-electron chi connectivity index (χ1n) is 4.76. The van der Waals surface area contributed by atoms with Gasteiger partial charge in [0, 0.05) is 0 Å². The minimum Gasteiger partial charge on any atom is -0.497 e. The third kappa shape index (κ3) is 1.87. The maximum absolute atomic E-state index is 12.8. The fraction of sp³-hybridized carbons (Fsp3) is 0.455. The molecule has 5 heteroatoms. The summed E-state index contributed by atoms with van der Waals surface area (Å²) in [6.45, 7) is 1.96. The summed E-state index contributed by atoms with van der Waals surface area (Å²) in [4.78, 5) is 0. The van der Waals surface area contributed by atoms with Crippen LogP contribution in [0.4, 0.5) is 13.2 Å². The molecule has 1 heterocycles. The smallest absolute Gasteiger partial charge is 0.416 e. The molecule has 88 valence electrons. The van der Waals surface area contributed by atoms with E-state index in [9.17, 15) is 13.2 Å². The lowest BCUT2D eigenvalue weighted by Gasteiger charge is -2.16. The molecule has 0 saturated carbocycles. The van der Waals surface area contributed by atoms with Crippen LogP contribution >= 0.6 is 0 Å². The van der Waals surface area contributed by atoms with Crippen LogP contribution in [0.25, 0.3) is 0 Å². The van der Waals surface area contributed by atoms with Gasteiger partial charge in [-0.25, -0.2) is 0 Å². The molecule has 1 aliphatic rings. The zero-order valence-electron chi connectivity index (χ0n) is 8.89. The Morgan fingerprint density at radius 3 is 2.44 bits per heavy atom. The van der Waals surface area contributed by atoms with Gasteiger partial charge in [0.2, 0.25) is 0 Å². The molecule has 16 heavy (non-hydrogen) atoms. The maximum atomic E-state index is 12.8. The molecule has 0 amide bonds. The van der Waals surface area contributed by atoms with Gasteiger partial charge in [0.05, 0.1) is 19.3 Å². The van der Waals surface area contributed by atoms with Crippen molar-refractivity contribution >= 4 is 0 Å². The number of hydrogen-bond acceptors (Lipinski definition) is 2. The summed E-state index contributed by atoms with van der Waals surface area (Å²) in [5.74, 6) is 0.195. The molecule has 1 unspecified atom stereocenters. The predicted molar refractivity (Wildman–Crippen MR) is 51.3 cm³/mol. The summed E-state index contributed by atoms with van der Waals surface area (Å²) >= 11 is 0. The molecule has 2 nitrogen and oxygen atoms in total. The third-order valence-electron chi connectivity index (χ3n) is 2.68. The van der Waals surface area contributed by atoms with E-state index in [2.05, 4.69) is 0 Å². The average molecular weight is 232 g/mol. The van der Waals surface area contributed by atoms with Crippen molar-refractivity contribution in [2.24, 2.45) is 0 Å². The summed E-state index contributed by atoms with van der Waals surface area (Å²) in [6.07, 6.45) is -4.39. The van der Waals surface area contributed by atoms with Crippen molar-refractivity contribution in [2.45, 2.75) is 18.7 Å². The van der Waals surface area contributed by atoms with Crippen LogP contribution in [0.5, 0.6) is 5.75 Å². The van der Waals surface area contributed by atoms with Crippen LogP contribution in [0.1, 0.15) is 18.1 Å². The van der Waals surface area contributed by atoms with Gasteiger partial charge in [-0.1, -0.05) is 6.07 Å². The second-order valence-electron chi connectivity index (χ2n) is 3.93. The molecule has 0 radical (unpaired) electrons. The van der Waals surface area contributed by atoms with Gasteiger partial charge in [-0.05, 0) is 24.6 Å². The number of ether oxygens (including phenoxy) is 2. The quantitative estimate of drug-likeness (QED) is 0.731. The minimum absolute atomic E-state index is 0.167. The monoisotopic (exact) mass is 232 g/mol. The number of benzene rings is 1. The Hall–Kier alpha value is -1.23. The van der Waals surface area contributed by atoms with Gasteiger partial charge in [-0.15, -0.1) is 0 Å². The Bertz CT molecular complexity index is 408. The first-order chi connectivity index (χ1) is 7.37. The van der Waals surface area contributed by atoms with Gasteiger partial charge >= 0.3 is 6.18 Å². The van der Waals surface area contributed by atoms with Gasteiger partial charge in [-0.2, -0.15) is 13.2 Å². The Morgan fingerprint density at radius 2 is 2.00 bits per heavy atom. The molecular formula is C11H11F3O2. The number of epoxide rings is 1. The van der Waals surface area contributed by atoms with Crippen molar-refractivity contribution in [3.8, 4) is 5.75 Å². The number of methoxy groups -OCH3 is 1. The Labute approximate surface area is 91.0 Å². The summed E-state index contributed by atoms with van der Waals surface area (Å²) in [5, 5.41) is 0. The van der Waals surface area contributed by atoms with E-state index in [1.165, 1.54) is 19.2 Å². The highest BCUT2D eigenvalue weighted by Crippen LogP contribution is 2.45. The largest absolute Gasteiger partial charge is 0.497 e. The molecule has 1 aromatic carbocycles. The molecular weight excluding hydrogens is 221 g/mol. The fourth-order valence-electron chi connectivity index (χ4n) is 1.61. The lowest BCUT2D eigenvalue weighted by molar-refractivity contribution is -0.138. The van der Waals surface area contributed by atoms with E-state index < -0.39 is 17.3 Å². The molecule has 0 spiro atoms. The molecule has 1 aliphatic heterocycles. The highest BCUT2D eigenvalue weighted by molar-refractivity contribution is 5.42. The van der Waals surface area contributed by atoms with Crippen LogP contribution in [0.2, 0.25) is 0 Å².